The van der Waals surface area contributed by atoms with Crippen LogP contribution in [0.15, 0.2) is 4.99 Å². The van der Waals surface area contributed by atoms with Crippen LogP contribution in [0.1, 0.15) is 6.42 Å². The molecule has 0 atom stereocenters. The van der Waals surface area contributed by atoms with Crippen molar-refractivity contribution >= 4 is 18.7 Å². The highest BCUT2D eigenvalue weighted by molar-refractivity contribution is 7.80. The van der Waals surface area contributed by atoms with Gasteiger partial charge in [-0.1, -0.05) is 0 Å². The van der Waals surface area contributed by atoms with Crippen LogP contribution in [-0.2, 0) is 9.53 Å². The highest BCUT2D eigenvalue weighted by Gasteiger charge is 1.84. The fourth-order valence-corrected chi connectivity index (χ4v) is 0.554. The van der Waals surface area contributed by atoms with Gasteiger partial charge in [-0.05, 0) is 12.2 Å². The Morgan fingerprint density at radius 1 is 1.50 bits per heavy atom. The minimum Gasteiger partial charge on any atom is -0.379 e. The van der Waals surface area contributed by atoms with E-state index >= 15 is 0 Å². The molecule has 0 unspecified atom stereocenters. The Bertz CT molecular complexity index is 112. The number of hydrogen-bond donors (Lipinski definition) is 1. The summed E-state index contributed by atoms with van der Waals surface area (Å²) in [5.74, 6) is 0.830. The van der Waals surface area contributed by atoms with Crippen molar-refractivity contribution in [1.29, 1.82) is 0 Å². The molecule has 0 aliphatic heterocycles. The fraction of sp³-hybridized carbons (Fsp3) is 0.833. The van der Waals surface area contributed by atoms with Crippen molar-refractivity contribution in [2.75, 3.05) is 25.5 Å². The topological polar surface area (TPSA) is 38.7 Å². The van der Waals surface area contributed by atoms with Gasteiger partial charge in [0.05, 0.1) is 13.2 Å². The Hall–Kier alpha value is -0.310. The average molecular weight is 161 g/mol. The third-order valence-electron chi connectivity index (χ3n) is 0.859. The fourth-order valence-electron chi connectivity index (χ4n) is 0.425. The molecule has 0 aromatic carbocycles. The van der Waals surface area contributed by atoms with E-state index in [1.54, 1.807) is 0 Å². The van der Waals surface area contributed by atoms with Crippen LogP contribution in [-0.4, -0.2) is 31.6 Å². The Morgan fingerprint density at radius 2 is 2.30 bits per heavy atom. The molecule has 0 heterocycles. The summed E-state index contributed by atoms with van der Waals surface area (Å²) in [5, 5.41) is 0. The van der Waals surface area contributed by atoms with Crippen molar-refractivity contribution < 1.29 is 9.53 Å². The molecule has 0 aromatic rings. The van der Waals surface area contributed by atoms with Gasteiger partial charge < -0.3 is 4.74 Å². The Kier molecular flexibility index (Phi) is 8.42. The summed E-state index contributed by atoms with van der Waals surface area (Å²) >= 11 is 4.00. The van der Waals surface area contributed by atoms with Gasteiger partial charge in [0.2, 0.25) is 6.08 Å². The molecule has 0 aliphatic rings. The monoisotopic (exact) mass is 161 g/mol. The minimum absolute atomic E-state index is 0.413. The second-order valence-corrected chi connectivity index (χ2v) is 2.11. The molecular formula is C6H11NO2S. The molecule has 0 saturated heterocycles. The van der Waals surface area contributed by atoms with Gasteiger partial charge in [0, 0.05) is 6.61 Å². The predicted octanol–water partition coefficient (Wildman–Crippen LogP) is 0.659. The summed E-state index contributed by atoms with van der Waals surface area (Å²) in [6.45, 7) is 1.61. The van der Waals surface area contributed by atoms with Crippen LogP contribution in [0.4, 0.5) is 0 Å². The molecule has 0 aliphatic carbocycles. The second-order valence-electron chi connectivity index (χ2n) is 1.66. The van der Waals surface area contributed by atoms with Gasteiger partial charge in [0.15, 0.2) is 0 Å². The Morgan fingerprint density at radius 3 is 2.90 bits per heavy atom. The van der Waals surface area contributed by atoms with Crippen LogP contribution in [0.25, 0.3) is 0 Å². The van der Waals surface area contributed by atoms with Gasteiger partial charge in [0.25, 0.3) is 0 Å². The Labute approximate surface area is 65.9 Å². The predicted molar refractivity (Wildman–Crippen MR) is 42.3 cm³/mol. The second kappa shape index (κ2) is 8.69. The Balaban J connectivity index is 2.83. The molecule has 4 heteroatoms. The van der Waals surface area contributed by atoms with Crippen molar-refractivity contribution in [3.8, 4) is 0 Å². The van der Waals surface area contributed by atoms with E-state index in [0.29, 0.717) is 19.8 Å². The van der Waals surface area contributed by atoms with Gasteiger partial charge in [-0.15, -0.1) is 0 Å². The van der Waals surface area contributed by atoms with E-state index in [1.807, 2.05) is 0 Å². The van der Waals surface area contributed by atoms with Crippen molar-refractivity contribution in [2.45, 2.75) is 6.42 Å². The lowest BCUT2D eigenvalue weighted by Crippen LogP contribution is -1.99. The van der Waals surface area contributed by atoms with Crippen molar-refractivity contribution in [1.82, 2.24) is 0 Å². The van der Waals surface area contributed by atoms with Crippen LogP contribution < -0.4 is 0 Å². The average Bonchev–Trinajstić information content (AvgIpc) is 1.97. The number of rotatable bonds is 6. The first-order valence-corrected chi connectivity index (χ1v) is 3.77. The number of hydrogen-bond acceptors (Lipinski definition) is 4. The summed E-state index contributed by atoms with van der Waals surface area (Å²) in [7, 11) is 0. The molecule has 0 rings (SSSR count). The first-order chi connectivity index (χ1) is 4.91. The van der Waals surface area contributed by atoms with Gasteiger partial charge in [-0.3, -0.25) is 0 Å². The molecule has 0 fully saturated rings. The van der Waals surface area contributed by atoms with Crippen LogP contribution in [0, 0.1) is 0 Å². The van der Waals surface area contributed by atoms with Crippen LogP contribution >= 0.6 is 12.6 Å². The van der Waals surface area contributed by atoms with E-state index < -0.39 is 0 Å². The quantitative estimate of drug-likeness (QED) is 0.269. The van der Waals surface area contributed by atoms with Crippen LogP contribution in [0.5, 0.6) is 0 Å². The maximum atomic E-state index is 9.53. The summed E-state index contributed by atoms with van der Waals surface area (Å²) in [6.07, 6.45) is 2.38. The number of isocyanates is 1. The number of ether oxygens (including phenoxy) is 1. The zero-order valence-corrected chi connectivity index (χ0v) is 6.64. The maximum Gasteiger partial charge on any atom is 0.235 e. The molecule has 0 spiro atoms. The van der Waals surface area contributed by atoms with E-state index in [-0.39, 0.29) is 0 Å². The van der Waals surface area contributed by atoms with Crippen molar-refractivity contribution in [3.63, 3.8) is 0 Å². The van der Waals surface area contributed by atoms with Gasteiger partial charge in [-0.25, -0.2) is 9.79 Å². The molecule has 0 radical (unpaired) electrons. The number of aliphatic imine (C=N–C) groups is 1. The molecule has 0 amide bonds. The minimum atomic E-state index is 0.413. The zero-order chi connectivity index (χ0) is 7.66. The third-order valence-corrected chi connectivity index (χ3v) is 1.17. The van der Waals surface area contributed by atoms with Gasteiger partial charge in [0.1, 0.15) is 0 Å². The SMILES string of the molecule is O=C=NCCOCCCS. The molecule has 0 bridgehead atoms. The lowest BCUT2D eigenvalue weighted by atomic mass is 10.5. The molecular weight excluding hydrogens is 150 g/mol. The largest absolute Gasteiger partial charge is 0.379 e. The lowest BCUT2D eigenvalue weighted by molar-refractivity contribution is 0.143. The van der Waals surface area contributed by atoms with E-state index in [0.717, 1.165) is 12.2 Å². The van der Waals surface area contributed by atoms with Gasteiger partial charge in [-0.2, -0.15) is 12.6 Å². The maximum absolute atomic E-state index is 9.53. The van der Waals surface area contributed by atoms with Crippen LogP contribution in [0.3, 0.4) is 0 Å². The van der Waals surface area contributed by atoms with Gasteiger partial charge >= 0.3 is 0 Å². The number of thiol groups is 1. The summed E-state index contributed by atoms with van der Waals surface area (Å²) in [5.41, 5.74) is 0. The smallest absolute Gasteiger partial charge is 0.235 e. The lowest BCUT2D eigenvalue weighted by Gasteiger charge is -1.97. The van der Waals surface area contributed by atoms with E-state index in [2.05, 4.69) is 17.6 Å². The molecule has 58 valence electrons. The summed E-state index contributed by atoms with van der Waals surface area (Å²) in [4.78, 5) is 12.9. The highest BCUT2D eigenvalue weighted by Crippen LogP contribution is 1.84. The molecule has 0 saturated carbocycles. The standard InChI is InChI=1S/C6H11NO2S/c8-6-7-2-4-9-3-1-5-10/h10H,1-5H2. The number of nitrogens with zero attached hydrogens (tertiary/aromatic N) is 1. The molecule has 10 heavy (non-hydrogen) atoms. The normalized spacial score (nSPS) is 8.90. The van der Waals surface area contributed by atoms with Crippen molar-refractivity contribution in [3.05, 3.63) is 0 Å². The van der Waals surface area contributed by atoms with E-state index in [9.17, 15) is 4.79 Å². The van der Waals surface area contributed by atoms with Crippen molar-refractivity contribution in [2.24, 2.45) is 4.99 Å². The van der Waals surface area contributed by atoms with E-state index in [4.69, 9.17) is 4.74 Å². The van der Waals surface area contributed by atoms with E-state index in [1.165, 1.54) is 6.08 Å². The first kappa shape index (κ1) is 9.69. The molecule has 3 nitrogen and oxygen atoms in total. The summed E-state index contributed by atoms with van der Waals surface area (Å²) in [6, 6.07) is 0. The third kappa shape index (κ3) is 7.69. The van der Waals surface area contributed by atoms with Crippen LogP contribution in [0.2, 0.25) is 0 Å². The molecule has 0 N–H and O–H groups in total. The number of carbonyl (C=O) groups excluding carboxylic acids is 1. The highest BCUT2D eigenvalue weighted by atomic mass is 32.1. The molecule has 0 aromatic heterocycles. The summed E-state index contributed by atoms with van der Waals surface area (Å²) < 4.78 is 5.05. The first-order valence-electron chi connectivity index (χ1n) is 3.14. The zero-order valence-electron chi connectivity index (χ0n) is 5.75.